The second-order valence-electron chi connectivity index (χ2n) is 4.11. The molecule has 0 bridgehead atoms. The van der Waals surface area contributed by atoms with Crippen LogP contribution in [-0.2, 0) is 4.79 Å². The summed E-state index contributed by atoms with van der Waals surface area (Å²) in [6.45, 7) is 0. The largest absolute Gasteiger partial charge is 0.398 e. The van der Waals surface area contributed by atoms with Gasteiger partial charge in [0, 0.05) is 22.4 Å². The average molecular weight is 264 g/mol. The first-order chi connectivity index (χ1) is 9.58. The van der Waals surface area contributed by atoms with E-state index in [1.165, 1.54) is 0 Å². The van der Waals surface area contributed by atoms with Crippen molar-refractivity contribution in [1.82, 2.24) is 0 Å². The molecule has 0 fully saturated rings. The smallest absolute Gasteiger partial charge is 0.293 e. The van der Waals surface area contributed by atoms with Crippen molar-refractivity contribution in [2.75, 3.05) is 5.73 Å². The Balaban J connectivity index is 2.42. The number of hydrogen-bond donors (Lipinski definition) is 2. The first-order valence-corrected chi connectivity index (χ1v) is 5.88. The maximum absolute atomic E-state index is 12.3. The van der Waals surface area contributed by atoms with Gasteiger partial charge in [-0.1, -0.05) is 36.3 Å². The summed E-state index contributed by atoms with van der Waals surface area (Å²) in [6.07, 6.45) is 0. The number of nitrogens with two attached hydrogens (primary N) is 2. The number of hydrogen-bond acceptors (Lipinski definition) is 3. The minimum absolute atomic E-state index is 0.189. The Morgan fingerprint density at radius 2 is 1.70 bits per heavy atom. The number of carbonyl (C=O) groups excluding carboxylic acids is 2. The van der Waals surface area contributed by atoms with Crippen LogP contribution in [0, 0.1) is 11.8 Å². The fourth-order valence-electron chi connectivity index (χ4n) is 1.71. The predicted molar refractivity (Wildman–Crippen MR) is 76.8 cm³/mol. The molecule has 0 aliphatic rings. The summed E-state index contributed by atoms with van der Waals surface area (Å²) in [6, 6.07) is 13.6. The van der Waals surface area contributed by atoms with Gasteiger partial charge >= 0.3 is 0 Å². The van der Waals surface area contributed by atoms with Gasteiger partial charge in [-0.15, -0.1) is 0 Å². The summed E-state index contributed by atoms with van der Waals surface area (Å²) in [5.41, 5.74) is 12.5. The zero-order valence-electron chi connectivity index (χ0n) is 10.6. The molecule has 2 rings (SSSR count). The van der Waals surface area contributed by atoms with Crippen molar-refractivity contribution in [3.63, 3.8) is 0 Å². The summed E-state index contributed by atoms with van der Waals surface area (Å²) in [5.74, 6) is 3.90. The predicted octanol–water partition coefficient (Wildman–Crippen LogP) is 1.34. The van der Waals surface area contributed by atoms with Crippen molar-refractivity contribution >= 4 is 17.4 Å². The van der Waals surface area contributed by atoms with Crippen LogP contribution in [0.25, 0.3) is 0 Å². The third-order valence-corrected chi connectivity index (χ3v) is 2.66. The van der Waals surface area contributed by atoms with E-state index in [2.05, 4.69) is 11.8 Å². The molecule has 0 unspecified atom stereocenters. The van der Waals surface area contributed by atoms with E-state index in [4.69, 9.17) is 11.5 Å². The standard InChI is InChI=1S/C16H12N2O2/c17-14-8-6-11(7-9-15(18)19)10-13(14)16(20)12-4-2-1-3-5-12/h1-6,8,10H,17H2,(H2,18,19). The molecule has 0 aliphatic heterocycles. The maximum Gasteiger partial charge on any atom is 0.293 e. The first kappa shape index (κ1) is 13.4. The van der Waals surface area contributed by atoms with Gasteiger partial charge in [0.15, 0.2) is 5.78 Å². The van der Waals surface area contributed by atoms with E-state index in [1.54, 1.807) is 42.5 Å². The Hall–Kier alpha value is -3.06. The Labute approximate surface area is 116 Å². The van der Waals surface area contributed by atoms with Crippen molar-refractivity contribution in [3.05, 3.63) is 65.2 Å². The van der Waals surface area contributed by atoms with E-state index in [1.807, 2.05) is 6.07 Å². The van der Waals surface area contributed by atoms with Crippen molar-refractivity contribution in [2.45, 2.75) is 0 Å². The van der Waals surface area contributed by atoms with Crippen LogP contribution in [0.5, 0.6) is 0 Å². The zero-order valence-corrected chi connectivity index (χ0v) is 10.6. The highest BCUT2D eigenvalue weighted by Gasteiger charge is 2.12. The van der Waals surface area contributed by atoms with Crippen molar-refractivity contribution in [2.24, 2.45) is 5.73 Å². The van der Waals surface area contributed by atoms with E-state index < -0.39 is 5.91 Å². The Morgan fingerprint density at radius 3 is 2.35 bits per heavy atom. The monoisotopic (exact) mass is 264 g/mol. The van der Waals surface area contributed by atoms with E-state index in [0.29, 0.717) is 22.4 Å². The summed E-state index contributed by atoms with van der Waals surface area (Å²) in [5, 5.41) is 0. The number of carbonyl (C=O) groups is 2. The van der Waals surface area contributed by atoms with Crippen molar-refractivity contribution < 1.29 is 9.59 Å². The minimum atomic E-state index is -0.724. The second-order valence-corrected chi connectivity index (χ2v) is 4.11. The molecule has 4 N–H and O–H groups in total. The molecular formula is C16H12N2O2. The molecule has 0 aromatic heterocycles. The number of anilines is 1. The summed E-state index contributed by atoms with van der Waals surface area (Å²) in [4.78, 5) is 23.0. The highest BCUT2D eigenvalue weighted by Crippen LogP contribution is 2.18. The normalized spacial score (nSPS) is 9.40. The molecule has 4 nitrogen and oxygen atoms in total. The molecule has 0 saturated heterocycles. The summed E-state index contributed by atoms with van der Waals surface area (Å²) >= 11 is 0. The molecule has 0 heterocycles. The number of rotatable bonds is 2. The van der Waals surface area contributed by atoms with Crippen molar-refractivity contribution in [3.8, 4) is 11.8 Å². The lowest BCUT2D eigenvalue weighted by atomic mass is 10.00. The van der Waals surface area contributed by atoms with Gasteiger partial charge in [-0.3, -0.25) is 9.59 Å². The lowest BCUT2D eigenvalue weighted by molar-refractivity contribution is -0.112. The Kier molecular flexibility index (Phi) is 3.82. The van der Waals surface area contributed by atoms with Gasteiger partial charge in [0.2, 0.25) is 0 Å². The number of nitrogen functional groups attached to an aromatic ring is 1. The number of benzene rings is 2. The van der Waals surface area contributed by atoms with Gasteiger partial charge in [-0.25, -0.2) is 0 Å². The van der Waals surface area contributed by atoms with Crippen molar-refractivity contribution in [1.29, 1.82) is 0 Å². The third kappa shape index (κ3) is 3.03. The van der Waals surface area contributed by atoms with Crippen LogP contribution in [-0.4, -0.2) is 11.7 Å². The Bertz CT molecular complexity index is 725. The van der Waals surface area contributed by atoms with Crippen LogP contribution in [0.15, 0.2) is 48.5 Å². The third-order valence-electron chi connectivity index (χ3n) is 2.66. The number of ketones is 1. The lowest BCUT2D eigenvalue weighted by Crippen LogP contribution is -2.07. The highest BCUT2D eigenvalue weighted by molar-refractivity contribution is 6.12. The second kappa shape index (κ2) is 5.72. The average Bonchev–Trinajstić information content (AvgIpc) is 2.46. The first-order valence-electron chi connectivity index (χ1n) is 5.88. The molecule has 0 radical (unpaired) electrons. The number of amides is 1. The topological polar surface area (TPSA) is 86.2 Å². The fraction of sp³-hybridized carbons (Fsp3) is 0. The summed E-state index contributed by atoms with van der Waals surface area (Å²) in [7, 11) is 0. The molecule has 4 heteroatoms. The zero-order chi connectivity index (χ0) is 14.5. The minimum Gasteiger partial charge on any atom is -0.398 e. The molecule has 0 saturated carbocycles. The highest BCUT2D eigenvalue weighted by atomic mass is 16.1. The van der Waals surface area contributed by atoms with Crippen LogP contribution in [0.3, 0.4) is 0 Å². The molecule has 2 aromatic carbocycles. The number of primary amides is 1. The van der Waals surface area contributed by atoms with Gasteiger partial charge in [0.1, 0.15) is 0 Å². The van der Waals surface area contributed by atoms with Crippen LogP contribution in [0.1, 0.15) is 21.5 Å². The van der Waals surface area contributed by atoms with Gasteiger partial charge in [-0.2, -0.15) is 0 Å². The molecule has 0 spiro atoms. The molecule has 1 amide bonds. The quantitative estimate of drug-likeness (QED) is 0.487. The van der Waals surface area contributed by atoms with Gasteiger partial charge in [0.25, 0.3) is 5.91 Å². The molecule has 0 atom stereocenters. The van der Waals surface area contributed by atoms with E-state index in [0.717, 1.165) is 0 Å². The molecule has 20 heavy (non-hydrogen) atoms. The van der Waals surface area contributed by atoms with E-state index in [9.17, 15) is 9.59 Å². The molecule has 2 aromatic rings. The van der Waals surface area contributed by atoms with Gasteiger partial charge in [0.05, 0.1) is 0 Å². The lowest BCUT2D eigenvalue weighted by Gasteiger charge is -2.05. The summed E-state index contributed by atoms with van der Waals surface area (Å²) < 4.78 is 0. The van der Waals surface area contributed by atoms with Gasteiger partial charge < -0.3 is 11.5 Å². The maximum atomic E-state index is 12.3. The molecular weight excluding hydrogens is 252 g/mol. The van der Waals surface area contributed by atoms with Crippen LogP contribution >= 0.6 is 0 Å². The van der Waals surface area contributed by atoms with Gasteiger partial charge in [-0.05, 0) is 24.1 Å². The molecule has 98 valence electrons. The van der Waals surface area contributed by atoms with Crippen LogP contribution < -0.4 is 11.5 Å². The molecule has 0 aliphatic carbocycles. The SMILES string of the molecule is NC(=O)C#Cc1ccc(N)c(C(=O)c2ccccc2)c1. The van der Waals surface area contributed by atoms with E-state index in [-0.39, 0.29) is 5.78 Å². The Morgan fingerprint density at radius 1 is 1.00 bits per heavy atom. The van der Waals surface area contributed by atoms with Crippen LogP contribution in [0.2, 0.25) is 0 Å². The van der Waals surface area contributed by atoms with Crippen LogP contribution in [0.4, 0.5) is 5.69 Å². The fourth-order valence-corrected chi connectivity index (χ4v) is 1.71. The van der Waals surface area contributed by atoms with E-state index >= 15 is 0 Å².